The van der Waals surface area contributed by atoms with Crippen molar-refractivity contribution in [1.29, 1.82) is 0 Å². The first-order chi connectivity index (χ1) is 9.97. The number of esters is 1. The van der Waals surface area contributed by atoms with Crippen LogP contribution in [0.15, 0.2) is 18.2 Å². The molecule has 2 heterocycles. The lowest BCUT2D eigenvalue weighted by molar-refractivity contribution is -0.158. The quantitative estimate of drug-likeness (QED) is 0.654. The molecule has 2 aliphatic heterocycles. The summed E-state index contributed by atoms with van der Waals surface area (Å²) < 4.78 is 15.9. The molecule has 1 amide bonds. The summed E-state index contributed by atoms with van der Waals surface area (Å²) >= 11 is 0. The van der Waals surface area contributed by atoms with Gasteiger partial charge in [-0.3, -0.25) is 9.59 Å². The van der Waals surface area contributed by atoms with Gasteiger partial charge in [0.25, 0.3) is 0 Å². The van der Waals surface area contributed by atoms with Crippen LogP contribution in [0.4, 0.5) is 0 Å². The minimum absolute atomic E-state index is 0.282. The zero-order valence-corrected chi connectivity index (χ0v) is 12.1. The zero-order valence-electron chi connectivity index (χ0n) is 12.1. The molecule has 0 aromatic heterocycles. The van der Waals surface area contributed by atoms with Gasteiger partial charge >= 0.3 is 5.97 Å². The summed E-state index contributed by atoms with van der Waals surface area (Å²) in [5.41, 5.74) is 0.00509. The molecule has 1 fully saturated rings. The van der Waals surface area contributed by atoms with E-state index in [0.717, 1.165) is 5.56 Å². The molecule has 0 saturated carbocycles. The molecule has 2 aliphatic rings. The van der Waals surface area contributed by atoms with E-state index in [1.54, 1.807) is 26.2 Å². The number of benzene rings is 1. The van der Waals surface area contributed by atoms with Gasteiger partial charge in [0.05, 0.1) is 14.2 Å². The van der Waals surface area contributed by atoms with Gasteiger partial charge in [-0.1, -0.05) is 0 Å². The van der Waals surface area contributed by atoms with Gasteiger partial charge in [-0.05, 0) is 25.1 Å². The molecule has 3 atom stereocenters. The van der Waals surface area contributed by atoms with Crippen molar-refractivity contribution in [1.82, 2.24) is 5.32 Å². The molecule has 2 bridgehead atoms. The van der Waals surface area contributed by atoms with Crippen molar-refractivity contribution < 1.29 is 23.8 Å². The smallest absolute Gasteiger partial charge is 0.318 e. The topological polar surface area (TPSA) is 73.9 Å². The van der Waals surface area contributed by atoms with E-state index in [0.29, 0.717) is 17.9 Å². The Bertz CT molecular complexity index is 614. The van der Waals surface area contributed by atoms with Crippen LogP contribution in [0.3, 0.4) is 0 Å². The first kappa shape index (κ1) is 13.7. The van der Waals surface area contributed by atoms with Crippen molar-refractivity contribution in [3.8, 4) is 11.5 Å². The molecule has 0 spiro atoms. The molecular weight excluding hydrogens is 274 g/mol. The fourth-order valence-corrected chi connectivity index (χ4v) is 3.14. The Balaban J connectivity index is 2.11. The minimum atomic E-state index is -0.863. The monoisotopic (exact) mass is 291 g/mol. The van der Waals surface area contributed by atoms with E-state index in [4.69, 9.17) is 14.2 Å². The average Bonchev–Trinajstić information content (AvgIpc) is 2.45. The van der Waals surface area contributed by atoms with Gasteiger partial charge in [-0.2, -0.15) is 0 Å². The highest BCUT2D eigenvalue weighted by atomic mass is 16.5. The average molecular weight is 291 g/mol. The van der Waals surface area contributed by atoms with Crippen LogP contribution in [0.1, 0.15) is 24.8 Å². The molecular formula is C15H17NO5. The zero-order chi connectivity index (χ0) is 15.2. The molecule has 1 aromatic carbocycles. The molecule has 0 aliphatic carbocycles. The van der Waals surface area contributed by atoms with E-state index >= 15 is 0 Å². The third-order valence-electron chi connectivity index (χ3n) is 4.09. The number of piperidine rings is 1. The Hall–Kier alpha value is -2.24. The van der Waals surface area contributed by atoms with E-state index in [1.165, 1.54) is 7.11 Å². The number of carbonyl (C=O) groups is 2. The molecule has 1 N–H and O–H groups in total. The molecule has 112 valence electrons. The molecule has 21 heavy (non-hydrogen) atoms. The predicted octanol–water partition coefficient (Wildman–Crippen LogP) is 1.20. The summed E-state index contributed by atoms with van der Waals surface area (Å²) in [5, 5.41) is 2.77. The van der Waals surface area contributed by atoms with Crippen molar-refractivity contribution in [3.05, 3.63) is 23.8 Å². The second-order valence-electron chi connectivity index (χ2n) is 5.54. The van der Waals surface area contributed by atoms with Crippen molar-refractivity contribution in [2.24, 2.45) is 5.92 Å². The van der Waals surface area contributed by atoms with Crippen molar-refractivity contribution >= 4 is 11.9 Å². The number of hydrogen-bond acceptors (Lipinski definition) is 5. The second-order valence-corrected chi connectivity index (χ2v) is 5.54. The Morgan fingerprint density at radius 2 is 2.19 bits per heavy atom. The van der Waals surface area contributed by atoms with Crippen LogP contribution >= 0.6 is 0 Å². The molecule has 1 saturated heterocycles. The van der Waals surface area contributed by atoms with Crippen molar-refractivity contribution in [2.45, 2.75) is 25.0 Å². The lowest BCUT2D eigenvalue weighted by Crippen LogP contribution is -2.62. The minimum Gasteiger partial charge on any atom is -0.497 e. The Kier molecular flexibility index (Phi) is 3.04. The largest absolute Gasteiger partial charge is 0.497 e. The highest BCUT2D eigenvalue weighted by Gasteiger charge is 2.52. The van der Waals surface area contributed by atoms with E-state index < -0.39 is 17.6 Å². The maximum absolute atomic E-state index is 12.3. The van der Waals surface area contributed by atoms with Gasteiger partial charge in [0, 0.05) is 17.9 Å². The third kappa shape index (κ3) is 2.11. The summed E-state index contributed by atoms with van der Waals surface area (Å²) in [6, 6.07) is 5.40. The van der Waals surface area contributed by atoms with Crippen LogP contribution in [0.5, 0.6) is 11.5 Å². The highest BCUT2D eigenvalue weighted by Crippen LogP contribution is 2.47. The molecule has 6 nitrogen and oxygen atoms in total. The van der Waals surface area contributed by atoms with Crippen LogP contribution in [-0.4, -0.2) is 31.8 Å². The number of fused-ring (bicyclic) bond motifs is 4. The lowest BCUT2D eigenvalue weighted by Gasteiger charge is -2.46. The lowest BCUT2D eigenvalue weighted by atomic mass is 9.75. The Morgan fingerprint density at radius 1 is 1.43 bits per heavy atom. The number of ether oxygens (including phenoxy) is 3. The van der Waals surface area contributed by atoms with Gasteiger partial charge in [-0.15, -0.1) is 0 Å². The predicted molar refractivity (Wildman–Crippen MR) is 73.0 cm³/mol. The summed E-state index contributed by atoms with van der Waals surface area (Å²) in [7, 11) is 2.86. The number of carbonyl (C=O) groups excluding carboxylic acids is 2. The SMILES string of the molecule is COC(=O)C1C(=O)NC2(C)CC1c1cc(OC)ccc1O2. The van der Waals surface area contributed by atoms with Gasteiger partial charge < -0.3 is 19.5 Å². The van der Waals surface area contributed by atoms with E-state index in [1.807, 2.05) is 6.07 Å². The first-order valence-electron chi connectivity index (χ1n) is 6.74. The van der Waals surface area contributed by atoms with E-state index in [2.05, 4.69) is 5.32 Å². The summed E-state index contributed by atoms with van der Waals surface area (Å²) in [5.74, 6) is -0.726. The van der Waals surface area contributed by atoms with Gasteiger partial charge in [-0.25, -0.2) is 0 Å². The maximum atomic E-state index is 12.3. The molecule has 3 rings (SSSR count). The number of hydrogen-bond donors (Lipinski definition) is 1. The Morgan fingerprint density at radius 3 is 2.86 bits per heavy atom. The summed E-state index contributed by atoms with van der Waals surface area (Å²) in [6.07, 6.45) is 0.513. The standard InChI is InChI=1S/C15H17NO5/c1-15-7-10(12(13(17)16-15)14(18)20-3)9-6-8(19-2)4-5-11(9)21-15/h4-6,10,12H,7H2,1-3H3,(H,16,17). The van der Waals surface area contributed by atoms with Crippen LogP contribution < -0.4 is 14.8 Å². The van der Waals surface area contributed by atoms with E-state index in [9.17, 15) is 9.59 Å². The number of nitrogens with one attached hydrogen (secondary N) is 1. The highest BCUT2D eigenvalue weighted by molar-refractivity contribution is 6.00. The molecule has 3 unspecified atom stereocenters. The molecule has 0 radical (unpaired) electrons. The first-order valence-corrected chi connectivity index (χ1v) is 6.74. The summed E-state index contributed by atoms with van der Waals surface area (Å²) in [6.45, 7) is 1.80. The Labute approximate surface area is 122 Å². The fraction of sp³-hybridized carbons (Fsp3) is 0.467. The van der Waals surface area contributed by atoms with Gasteiger partial charge in [0.15, 0.2) is 5.72 Å². The van der Waals surface area contributed by atoms with E-state index in [-0.39, 0.29) is 11.8 Å². The third-order valence-corrected chi connectivity index (χ3v) is 4.09. The maximum Gasteiger partial charge on any atom is 0.318 e. The molecule has 1 aromatic rings. The van der Waals surface area contributed by atoms with Gasteiger partial charge in [0.2, 0.25) is 5.91 Å². The van der Waals surface area contributed by atoms with Gasteiger partial charge in [0.1, 0.15) is 17.4 Å². The van der Waals surface area contributed by atoms with Crippen molar-refractivity contribution in [3.63, 3.8) is 0 Å². The van der Waals surface area contributed by atoms with Crippen LogP contribution in [0.2, 0.25) is 0 Å². The molecule has 6 heteroatoms. The number of amides is 1. The summed E-state index contributed by atoms with van der Waals surface area (Å²) in [4.78, 5) is 24.2. The normalized spacial score (nSPS) is 29.8. The van der Waals surface area contributed by atoms with Crippen LogP contribution in [0, 0.1) is 5.92 Å². The van der Waals surface area contributed by atoms with Crippen molar-refractivity contribution in [2.75, 3.05) is 14.2 Å². The second kappa shape index (κ2) is 4.65. The number of methoxy groups -OCH3 is 2. The fourth-order valence-electron chi connectivity index (χ4n) is 3.14. The van der Waals surface area contributed by atoms with Crippen LogP contribution in [0.25, 0.3) is 0 Å². The van der Waals surface area contributed by atoms with Crippen LogP contribution in [-0.2, 0) is 14.3 Å². The number of rotatable bonds is 2.